The number of nitrogens with zero attached hydrogens (tertiary/aromatic N) is 1. The van der Waals surface area contributed by atoms with Crippen molar-refractivity contribution in [2.45, 2.75) is 12.2 Å². The van der Waals surface area contributed by atoms with E-state index in [-0.39, 0.29) is 5.75 Å². The number of para-hydroxylation sites is 1. The number of aliphatic hydroxyl groups excluding tert-OH is 2. The van der Waals surface area contributed by atoms with Gasteiger partial charge in [0.15, 0.2) is 12.2 Å². The molecule has 8 heteroatoms. The van der Waals surface area contributed by atoms with Crippen LogP contribution < -0.4 is 10.1 Å². The maximum absolute atomic E-state index is 11.7. The first-order chi connectivity index (χ1) is 10.6. The molecule has 1 aliphatic rings. The molecule has 1 aliphatic heterocycles. The highest BCUT2D eigenvalue weighted by atomic mass is 16.7. The fraction of sp³-hybridized carbons (Fsp3) is 0.429. The number of rotatable bonds is 5. The van der Waals surface area contributed by atoms with Gasteiger partial charge in [-0.1, -0.05) is 18.2 Å². The molecule has 0 spiro atoms. The second-order valence-corrected chi connectivity index (χ2v) is 4.71. The van der Waals surface area contributed by atoms with Gasteiger partial charge >= 0.3 is 11.9 Å². The van der Waals surface area contributed by atoms with Crippen LogP contribution in [0.2, 0.25) is 0 Å². The Morgan fingerprint density at radius 1 is 1.05 bits per heavy atom. The highest BCUT2D eigenvalue weighted by Gasteiger charge is 2.34. The third kappa shape index (κ3) is 4.50. The molecule has 2 rings (SSSR count). The lowest BCUT2D eigenvalue weighted by Crippen LogP contribution is -2.49. The fourth-order valence-corrected chi connectivity index (χ4v) is 1.84. The summed E-state index contributed by atoms with van der Waals surface area (Å²) in [4.78, 5) is 28.3. The molecule has 3 N–H and O–H groups in total. The molecule has 0 saturated carbocycles. The molecule has 0 radical (unpaired) electrons. The molecule has 2 atom stereocenters. The molecular formula is C14H18N2O6. The number of piperazine rings is 1. The second kappa shape index (κ2) is 7.85. The predicted octanol–water partition coefficient (Wildman–Crippen LogP) is -1.32. The lowest BCUT2D eigenvalue weighted by Gasteiger charge is -2.27. The summed E-state index contributed by atoms with van der Waals surface area (Å²) in [7, 11) is 0. The Bertz CT molecular complexity index is 503. The van der Waals surface area contributed by atoms with Crippen LogP contribution >= 0.6 is 0 Å². The number of hydrogen-bond donors (Lipinski definition) is 3. The zero-order valence-electron chi connectivity index (χ0n) is 11.8. The van der Waals surface area contributed by atoms with E-state index < -0.39 is 24.1 Å². The highest BCUT2D eigenvalue weighted by molar-refractivity contribution is 5.86. The first-order valence-corrected chi connectivity index (χ1v) is 6.88. The number of ether oxygens (including phenoxy) is 1. The van der Waals surface area contributed by atoms with E-state index in [0.717, 1.165) is 0 Å². The van der Waals surface area contributed by atoms with E-state index in [1.165, 1.54) is 17.2 Å². The summed E-state index contributed by atoms with van der Waals surface area (Å²) in [6.45, 7) is 2.20. The standard InChI is InChI=1S/C14H18N2O6/c17-11(13(19)21-10-4-2-1-3-5-10)12(18)14(20)22-16-8-6-15-7-9-16/h1-5,11-12,15,17-18H,6-9H2. The van der Waals surface area contributed by atoms with Gasteiger partial charge in [-0.15, -0.1) is 5.06 Å². The van der Waals surface area contributed by atoms with Crippen LogP contribution in [-0.2, 0) is 14.4 Å². The van der Waals surface area contributed by atoms with E-state index in [1.54, 1.807) is 18.2 Å². The second-order valence-electron chi connectivity index (χ2n) is 4.71. The maximum atomic E-state index is 11.7. The van der Waals surface area contributed by atoms with E-state index >= 15 is 0 Å². The number of benzene rings is 1. The molecule has 2 unspecified atom stereocenters. The molecule has 1 aromatic carbocycles. The van der Waals surface area contributed by atoms with Gasteiger partial charge in [0.2, 0.25) is 0 Å². The van der Waals surface area contributed by atoms with Gasteiger partial charge in [-0.05, 0) is 12.1 Å². The lowest BCUT2D eigenvalue weighted by atomic mass is 10.2. The van der Waals surface area contributed by atoms with Gasteiger partial charge in [0.25, 0.3) is 0 Å². The van der Waals surface area contributed by atoms with Gasteiger partial charge in [0.1, 0.15) is 5.75 Å². The number of hydrogen-bond acceptors (Lipinski definition) is 8. The van der Waals surface area contributed by atoms with Crippen LogP contribution in [0.1, 0.15) is 0 Å². The van der Waals surface area contributed by atoms with E-state index in [1.807, 2.05) is 0 Å². The fourth-order valence-electron chi connectivity index (χ4n) is 1.84. The smallest absolute Gasteiger partial charge is 0.357 e. The highest BCUT2D eigenvalue weighted by Crippen LogP contribution is 2.11. The van der Waals surface area contributed by atoms with Crippen LogP contribution in [0.15, 0.2) is 30.3 Å². The number of hydroxylamine groups is 2. The van der Waals surface area contributed by atoms with Gasteiger partial charge in [0.05, 0.1) is 0 Å². The molecule has 1 saturated heterocycles. The van der Waals surface area contributed by atoms with Crippen molar-refractivity contribution in [1.29, 1.82) is 0 Å². The van der Waals surface area contributed by atoms with Crippen molar-refractivity contribution in [1.82, 2.24) is 10.4 Å². The van der Waals surface area contributed by atoms with Crippen LogP contribution in [0.5, 0.6) is 5.75 Å². The summed E-state index contributed by atoms with van der Waals surface area (Å²) in [5, 5.41) is 23.8. The minimum Gasteiger partial charge on any atom is -0.425 e. The topological polar surface area (TPSA) is 108 Å². The van der Waals surface area contributed by atoms with E-state index in [4.69, 9.17) is 9.57 Å². The predicted molar refractivity (Wildman–Crippen MR) is 74.6 cm³/mol. The summed E-state index contributed by atoms with van der Waals surface area (Å²) in [6.07, 6.45) is -4.03. The Morgan fingerprint density at radius 2 is 1.64 bits per heavy atom. The summed E-state index contributed by atoms with van der Waals surface area (Å²) in [5.41, 5.74) is 0. The Hall–Kier alpha value is -2.00. The van der Waals surface area contributed by atoms with Gasteiger partial charge in [-0.25, -0.2) is 9.59 Å². The number of aliphatic hydroxyl groups is 2. The van der Waals surface area contributed by atoms with Crippen LogP contribution in [0.25, 0.3) is 0 Å². The summed E-state index contributed by atoms with van der Waals surface area (Å²) in [6, 6.07) is 8.04. The van der Waals surface area contributed by atoms with Crippen molar-refractivity contribution in [3.05, 3.63) is 30.3 Å². The molecule has 120 valence electrons. The lowest BCUT2D eigenvalue weighted by molar-refractivity contribution is -0.208. The summed E-state index contributed by atoms with van der Waals surface area (Å²) in [5.74, 6) is -2.02. The third-order valence-corrected chi connectivity index (χ3v) is 3.04. The Morgan fingerprint density at radius 3 is 2.27 bits per heavy atom. The van der Waals surface area contributed by atoms with E-state index in [2.05, 4.69) is 5.32 Å². The number of carbonyl (C=O) groups is 2. The third-order valence-electron chi connectivity index (χ3n) is 3.04. The average molecular weight is 310 g/mol. The molecule has 1 fully saturated rings. The zero-order valence-corrected chi connectivity index (χ0v) is 11.8. The Kier molecular flexibility index (Phi) is 5.84. The molecule has 0 bridgehead atoms. The van der Waals surface area contributed by atoms with Crippen molar-refractivity contribution >= 4 is 11.9 Å². The largest absolute Gasteiger partial charge is 0.425 e. The zero-order chi connectivity index (χ0) is 15.9. The number of nitrogens with one attached hydrogen (secondary N) is 1. The molecular weight excluding hydrogens is 292 g/mol. The molecule has 22 heavy (non-hydrogen) atoms. The van der Waals surface area contributed by atoms with Crippen LogP contribution in [0, 0.1) is 0 Å². The average Bonchev–Trinajstić information content (AvgIpc) is 2.55. The van der Waals surface area contributed by atoms with Gasteiger partial charge in [0, 0.05) is 26.2 Å². The van der Waals surface area contributed by atoms with E-state index in [0.29, 0.717) is 26.2 Å². The van der Waals surface area contributed by atoms with Gasteiger partial charge in [-0.2, -0.15) is 0 Å². The number of esters is 1. The van der Waals surface area contributed by atoms with Crippen LogP contribution in [0.4, 0.5) is 0 Å². The van der Waals surface area contributed by atoms with Crippen LogP contribution in [-0.4, -0.2) is 65.6 Å². The molecule has 1 heterocycles. The number of carbonyl (C=O) groups excluding carboxylic acids is 2. The Labute approximate surface area is 127 Å². The van der Waals surface area contributed by atoms with Gasteiger partial charge < -0.3 is 25.1 Å². The minimum absolute atomic E-state index is 0.203. The summed E-state index contributed by atoms with van der Waals surface area (Å²) < 4.78 is 4.86. The SMILES string of the molecule is O=C(Oc1ccccc1)C(O)C(O)C(=O)ON1CCNCC1. The molecule has 1 aromatic rings. The first kappa shape index (κ1) is 16.4. The molecule has 0 aliphatic carbocycles. The first-order valence-electron chi connectivity index (χ1n) is 6.88. The molecule has 0 aromatic heterocycles. The van der Waals surface area contributed by atoms with Gasteiger partial charge in [-0.3, -0.25) is 0 Å². The van der Waals surface area contributed by atoms with Crippen molar-refractivity contribution in [3.63, 3.8) is 0 Å². The maximum Gasteiger partial charge on any atom is 0.357 e. The van der Waals surface area contributed by atoms with Crippen molar-refractivity contribution in [2.24, 2.45) is 0 Å². The molecule has 8 nitrogen and oxygen atoms in total. The van der Waals surface area contributed by atoms with E-state index in [9.17, 15) is 19.8 Å². The summed E-state index contributed by atoms with van der Waals surface area (Å²) >= 11 is 0. The quantitative estimate of drug-likeness (QED) is 0.454. The Balaban J connectivity index is 1.85. The normalized spacial score (nSPS) is 18.3. The van der Waals surface area contributed by atoms with Crippen LogP contribution in [0.3, 0.4) is 0 Å². The van der Waals surface area contributed by atoms with Crippen molar-refractivity contribution in [3.8, 4) is 5.75 Å². The minimum atomic E-state index is -2.02. The monoisotopic (exact) mass is 310 g/mol. The van der Waals surface area contributed by atoms with Crippen molar-refractivity contribution in [2.75, 3.05) is 26.2 Å². The van der Waals surface area contributed by atoms with Crippen molar-refractivity contribution < 1.29 is 29.4 Å². The molecule has 0 amide bonds.